The number of primary amides is 1. The average molecular weight is 1840 g/mol. The summed E-state index contributed by atoms with van der Waals surface area (Å²) in [5, 5.41) is 44.8. The van der Waals surface area contributed by atoms with Gasteiger partial charge in [0.25, 0.3) is 0 Å². The van der Waals surface area contributed by atoms with Gasteiger partial charge in [0.15, 0.2) is 17.5 Å². The number of H-pyrrole nitrogens is 1. The molecule has 13 atom stereocenters. The highest BCUT2D eigenvalue weighted by atomic mass is 32.2. The van der Waals surface area contributed by atoms with Crippen molar-refractivity contribution in [2.45, 2.75) is 171 Å². The SMILES string of the molecule is CC(C)[C@@H]1NC(=O)[C@H](CC=O)NC(=O)[C@@H](C)N(C)C(=O)[C@H](C)N(C)C(=O)[C@H](Cc2ccccc2)N(C)C(=O)[C@H](Cc2cc(F)c(F)c(F)c2)NC(=O)CSC[C@@H](C(=O)NCC(N)=O)NC(=O)[C@H](CCCN)NC(=O)[C@H](Cc2ccc(O)cc2)NC(=O)[C@H](Cc2c[nH]c3ccccc23)NC(=O)[C@@H](C)N(C)C(=O)[C@H](Cc2ccc(O)cc2)NC(=O)[C@H](Cc2ccccc2)N(C)C1=O.N. The molecule has 0 aliphatic carbocycles. The van der Waals surface area contributed by atoms with Gasteiger partial charge in [-0.15, -0.1) is 11.8 Å². The van der Waals surface area contributed by atoms with Crippen molar-refractivity contribution in [3.8, 4) is 11.5 Å². The Hall–Kier alpha value is -13.8. The topological polar surface area (TPSA) is 541 Å². The van der Waals surface area contributed by atoms with Crippen molar-refractivity contribution in [2.75, 3.05) is 59.8 Å². The molecule has 1 aliphatic heterocycles. The molecule has 0 spiro atoms. The van der Waals surface area contributed by atoms with E-state index in [-0.39, 0.29) is 74.7 Å². The van der Waals surface area contributed by atoms with E-state index in [9.17, 15) is 53.0 Å². The summed E-state index contributed by atoms with van der Waals surface area (Å²) in [4.78, 5) is 242. The molecule has 15 amide bonds. The van der Waals surface area contributed by atoms with Crippen LogP contribution in [0.5, 0.6) is 11.5 Å². The van der Waals surface area contributed by atoms with E-state index in [1.807, 2.05) is 0 Å². The molecular weight excluding hydrogens is 1720 g/mol. The molecule has 1 fully saturated rings. The smallest absolute Gasteiger partial charge is 0.246 e. The first-order valence-electron chi connectivity index (χ1n) is 42.1. The summed E-state index contributed by atoms with van der Waals surface area (Å²) in [6, 6.07) is 14.8. The zero-order valence-corrected chi connectivity index (χ0v) is 75.2. The molecular formula is C91H115F3N18O18S. The Labute approximate surface area is 759 Å². The number of thioether (sulfide) groups is 1. The predicted octanol–water partition coefficient (Wildman–Crippen LogP) is 1.32. The lowest BCUT2D eigenvalue weighted by atomic mass is 9.98. The standard InChI is InChI=1S/C91H112F3N17O18S.H3N/c1-50(2)78-91(129)110(9)73(43-54-20-13-11-14-21-54)86(124)104-71(41-57-29-33-61(114)34-30-57)88(126)108(7)52(4)80(118)102-69(45-59-46-97-65-25-18-17-24-62(59)65)85(123)103-68(40-56-27-31-60(113)32-28-56)84(122)101-66(26-19-36-95)82(120)105-72(81(119)98-47-75(96)115)48-130-49-76(116)99-70(42-58-38-63(92)77(94)64(93)39-58)89(127)111(10)74(44-55-22-15-12-16-23-55)90(128)109(8)53(5)87(125)107(6)51(3)79(117)100-67(35-37-112)83(121)106-78;/h11-18,20-25,27-34,37-39,46,50-53,66-74,78,97,113-114H,19,26,35-36,40-45,47-49,95H2,1-10H3,(H2,96,115)(H,98,119)(H,99,116)(H,100,117)(H,101,122)(H,102,118)(H,103,123)(H,104,124)(H,105,120)(H,106,121);1H3/t51-,52-,53+,66+,67+,68+,69+,70+,71+,72+,73+,74+,78+;/m1./s1. The van der Waals surface area contributed by atoms with Crippen LogP contribution >= 0.6 is 11.8 Å². The maximum Gasteiger partial charge on any atom is 0.246 e. The Morgan fingerprint density at radius 2 is 0.931 bits per heavy atom. The predicted molar refractivity (Wildman–Crippen MR) is 480 cm³/mol. The number of fused-ring (bicyclic) bond motifs is 1. The molecule has 7 aromatic rings. The van der Waals surface area contributed by atoms with Crippen LogP contribution in [0.15, 0.2) is 152 Å². The van der Waals surface area contributed by atoms with Crippen LogP contribution in [0.3, 0.4) is 0 Å². The average Bonchev–Trinajstić information content (AvgIpc) is 1.61. The lowest BCUT2D eigenvalue weighted by molar-refractivity contribution is -0.151. The summed E-state index contributed by atoms with van der Waals surface area (Å²) in [7, 11) is 6.12. The van der Waals surface area contributed by atoms with Crippen LogP contribution in [0.4, 0.5) is 13.2 Å². The Bertz CT molecular complexity index is 5190. The number of para-hydroxylation sites is 1. The van der Waals surface area contributed by atoms with Crippen molar-refractivity contribution in [3.05, 3.63) is 203 Å². The number of hydrogen-bond donors (Lipinski definition) is 15. The second-order valence-electron chi connectivity index (χ2n) is 32.3. The fraction of sp³-hybridized carbons (Fsp3) is 0.407. The number of aromatic nitrogens is 1. The lowest BCUT2D eigenvalue weighted by Gasteiger charge is -2.36. The third-order valence-corrected chi connectivity index (χ3v) is 23.7. The van der Waals surface area contributed by atoms with E-state index in [2.05, 4.69) is 52.8 Å². The van der Waals surface area contributed by atoms with E-state index in [1.165, 1.54) is 105 Å². The summed E-state index contributed by atoms with van der Waals surface area (Å²) in [5.74, 6) is -22.4. The van der Waals surface area contributed by atoms with Gasteiger partial charge in [0.05, 0.1) is 12.3 Å². The zero-order valence-electron chi connectivity index (χ0n) is 74.4. The van der Waals surface area contributed by atoms with Crippen LogP contribution in [0, 0.1) is 23.4 Å². The fourth-order valence-electron chi connectivity index (χ4n) is 14.5. The van der Waals surface area contributed by atoms with Crippen molar-refractivity contribution in [1.82, 2.24) is 83.5 Å². The monoisotopic (exact) mass is 1840 g/mol. The van der Waals surface area contributed by atoms with E-state index in [0.29, 0.717) is 68.9 Å². The maximum absolute atomic E-state index is 15.5. The van der Waals surface area contributed by atoms with Crippen molar-refractivity contribution in [2.24, 2.45) is 17.4 Å². The van der Waals surface area contributed by atoms with Gasteiger partial charge < -0.3 is 110 Å². The molecule has 704 valence electrons. The Balaban J connectivity index is 0.0000235. The van der Waals surface area contributed by atoms with Gasteiger partial charge >= 0.3 is 0 Å². The van der Waals surface area contributed by atoms with Gasteiger partial charge in [0, 0.05) is 103 Å². The molecule has 0 unspecified atom stereocenters. The van der Waals surface area contributed by atoms with Crippen LogP contribution in [0.2, 0.25) is 0 Å². The second-order valence-corrected chi connectivity index (χ2v) is 33.3. The highest BCUT2D eigenvalue weighted by molar-refractivity contribution is 8.00. The first-order chi connectivity index (χ1) is 61.7. The lowest BCUT2D eigenvalue weighted by Crippen LogP contribution is -2.62. The van der Waals surface area contributed by atoms with E-state index in [0.717, 1.165) is 24.5 Å². The quantitative estimate of drug-likeness (QED) is 0.0356. The number of aldehydes is 1. The minimum absolute atomic E-state index is 0. The van der Waals surface area contributed by atoms with E-state index < -0.39 is 221 Å². The number of rotatable bonds is 21. The molecule has 131 heavy (non-hydrogen) atoms. The van der Waals surface area contributed by atoms with E-state index in [4.69, 9.17) is 11.5 Å². The van der Waals surface area contributed by atoms with Gasteiger partial charge in [-0.3, -0.25) is 71.9 Å². The Morgan fingerprint density at radius 1 is 0.489 bits per heavy atom. The van der Waals surface area contributed by atoms with Crippen LogP contribution in [0.25, 0.3) is 10.9 Å². The van der Waals surface area contributed by atoms with Crippen LogP contribution in [0.1, 0.15) is 87.3 Å². The number of phenolic OH excluding ortho intramolecular Hbond substituents is 2. The first-order valence-corrected chi connectivity index (χ1v) is 43.2. The summed E-state index contributed by atoms with van der Waals surface area (Å²) >= 11 is 0.654. The van der Waals surface area contributed by atoms with E-state index >= 15 is 47.1 Å². The number of carbonyl (C=O) groups excluding carboxylic acids is 16. The normalized spacial score (nSPS) is 22.8. The summed E-state index contributed by atoms with van der Waals surface area (Å²) in [6.07, 6.45) is -1.24. The molecule has 19 N–H and O–H groups in total. The number of likely N-dealkylation sites (N-methyl/N-ethyl adjacent to an activating group) is 5. The van der Waals surface area contributed by atoms with Crippen molar-refractivity contribution >= 4 is 118 Å². The Morgan fingerprint density at radius 3 is 1.48 bits per heavy atom. The van der Waals surface area contributed by atoms with Gasteiger partial charge in [-0.2, -0.15) is 0 Å². The maximum atomic E-state index is 15.5. The summed E-state index contributed by atoms with van der Waals surface area (Å²) in [5.41, 5.74) is 13.8. The number of aromatic hydroxyl groups is 2. The van der Waals surface area contributed by atoms with Crippen LogP contribution < -0.4 is 65.5 Å². The third kappa shape index (κ3) is 29.1. The van der Waals surface area contributed by atoms with Crippen molar-refractivity contribution in [1.29, 1.82) is 0 Å². The molecule has 40 heteroatoms. The molecule has 1 saturated heterocycles. The van der Waals surface area contributed by atoms with Gasteiger partial charge in [0.2, 0.25) is 88.6 Å². The third-order valence-electron chi connectivity index (χ3n) is 22.6. The number of nitrogens with two attached hydrogens (primary N) is 2. The number of aromatic amines is 1. The molecule has 8 rings (SSSR count). The number of nitrogens with zero attached hydrogens (tertiary/aromatic N) is 5. The van der Waals surface area contributed by atoms with E-state index in [1.54, 1.807) is 105 Å². The number of amides is 15. The molecule has 0 saturated carbocycles. The number of carbonyl (C=O) groups is 16. The summed E-state index contributed by atoms with van der Waals surface area (Å²) in [6.45, 7) is 6.19. The van der Waals surface area contributed by atoms with Crippen LogP contribution in [-0.2, 0) is 115 Å². The molecule has 0 radical (unpaired) electrons. The molecule has 36 nitrogen and oxygen atoms in total. The van der Waals surface area contributed by atoms with Gasteiger partial charge in [-0.1, -0.05) is 117 Å². The minimum Gasteiger partial charge on any atom is -0.508 e. The second kappa shape index (κ2) is 49.1. The van der Waals surface area contributed by atoms with Crippen LogP contribution in [-0.4, -0.2) is 273 Å². The fourth-order valence-corrected chi connectivity index (χ4v) is 15.3. The number of nitrogens with one attached hydrogen (secondary N) is 10. The van der Waals surface area contributed by atoms with Crippen molar-refractivity contribution in [3.63, 3.8) is 0 Å². The van der Waals surface area contributed by atoms with Gasteiger partial charge in [-0.05, 0) is 122 Å². The highest BCUT2D eigenvalue weighted by Crippen LogP contribution is 2.25. The number of benzene rings is 6. The number of hydrogen-bond acceptors (Lipinski definition) is 21. The van der Waals surface area contributed by atoms with Gasteiger partial charge in [0.1, 0.15) is 96.3 Å². The number of halogens is 3. The first kappa shape index (κ1) is 104. The minimum atomic E-state index is -1.87. The molecule has 1 aliphatic rings. The summed E-state index contributed by atoms with van der Waals surface area (Å²) < 4.78 is 44.7. The Kier molecular flexibility index (Phi) is 39.1. The molecule has 0 bridgehead atoms. The molecule has 2 heterocycles. The zero-order chi connectivity index (χ0) is 95.5. The molecule has 1 aromatic heterocycles. The number of phenols is 2. The molecule has 6 aromatic carbocycles. The largest absolute Gasteiger partial charge is 0.508 e. The van der Waals surface area contributed by atoms with Crippen molar-refractivity contribution < 1.29 is 100 Å². The highest BCUT2D eigenvalue weighted by Gasteiger charge is 2.43. The van der Waals surface area contributed by atoms with Gasteiger partial charge in [-0.25, -0.2) is 13.2 Å².